The number of allylic oxidation sites excluding steroid dienone is 13. The predicted molar refractivity (Wildman–Crippen MR) is 159 cm³/mol. The second-order valence-electron chi connectivity index (χ2n) is 12.0. The molecule has 0 aromatic heterocycles. The molecule has 1 unspecified atom stereocenters. The Balaban J connectivity index is 1.17. The van der Waals surface area contributed by atoms with Crippen LogP contribution < -0.4 is 4.74 Å². The van der Waals surface area contributed by atoms with E-state index in [1.807, 2.05) is 0 Å². The van der Waals surface area contributed by atoms with E-state index in [2.05, 4.69) is 105 Å². The Morgan fingerprint density at radius 2 is 1.68 bits per heavy atom. The smallest absolute Gasteiger partial charge is 0.127 e. The van der Waals surface area contributed by atoms with Gasteiger partial charge < -0.3 is 4.74 Å². The van der Waals surface area contributed by atoms with E-state index in [-0.39, 0.29) is 5.41 Å². The van der Waals surface area contributed by atoms with Crippen molar-refractivity contribution >= 4 is 11.6 Å². The normalized spacial score (nSPS) is 23.3. The van der Waals surface area contributed by atoms with Gasteiger partial charge in [-0.15, -0.1) is 0 Å². The lowest BCUT2D eigenvalue weighted by molar-refractivity contribution is 0.331. The molecule has 0 saturated carbocycles. The van der Waals surface area contributed by atoms with Gasteiger partial charge in [-0.3, -0.25) is 0 Å². The van der Waals surface area contributed by atoms with Crippen molar-refractivity contribution in [2.24, 2.45) is 11.3 Å². The second kappa shape index (κ2) is 9.31. The first-order valence-electron chi connectivity index (χ1n) is 14.3. The zero-order chi connectivity index (χ0) is 25.7. The fourth-order valence-corrected chi connectivity index (χ4v) is 7.18. The van der Waals surface area contributed by atoms with Crippen molar-refractivity contribution in [2.75, 3.05) is 0 Å². The average molecular weight is 497 g/mol. The van der Waals surface area contributed by atoms with E-state index in [9.17, 15) is 0 Å². The van der Waals surface area contributed by atoms with Crippen molar-refractivity contribution in [2.45, 2.75) is 58.8 Å². The highest BCUT2D eigenvalue weighted by molar-refractivity contribution is 5.75. The number of aryl methyl sites for hydroxylation is 1. The Morgan fingerprint density at radius 1 is 0.789 bits per heavy atom. The summed E-state index contributed by atoms with van der Waals surface area (Å²) in [5.74, 6) is 2.56. The monoisotopic (exact) mass is 496 g/mol. The van der Waals surface area contributed by atoms with Gasteiger partial charge in [-0.25, -0.2) is 0 Å². The van der Waals surface area contributed by atoms with Crippen LogP contribution in [0.1, 0.15) is 69.1 Å². The maximum atomic E-state index is 6.23. The molecule has 2 aromatic rings. The number of ether oxygens (including phenoxy) is 1. The molecule has 0 heterocycles. The number of rotatable bonds is 4. The second-order valence-corrected chi connectivity index (χ2v) is 12.0. The van der Waals surface area contributed by atoms with Crippen LogP contribution >= 0.6 is 0 Å². The first-order chi connectivity index (χ1) is 18.6. The number of fused-ring (bicyclic) bond motifs is 3. The number of hydrogen-bond donors (Lipinski definition) is 0. The van der Waals surface area contributed by atoms with Crippen LogP contribution in [0.25, 0.3) is 11.6 Å². The first-order valence-corrected chi connectivity index (χ1v) is 14.3. The molecule has 1 nitrogen and oxygen atoms in total. The van der Waals surface area contributed by atoms with Crippen LogP contribution in [0.4, 0.5) is 0 Å². The summed E-state index contributed by atoms with van der Waals surface area (Å²) >= 11 is 0. The third kappa shape index (κ3) is 4.09. The van der Waals surface area contributed by atoms with Crippen molar-refractivity contribution in [3.05, 3.63) is 135 Å². The van der Waals surface area contributed by atoms with Gasteiger partial charge in [0.2, 0.25) is 0 Å². The molecule has 0 bridgehead atoms. The largest absolute Gasteiger partial charge is 0.462 e. The van der Waals surface area contributed by atoms with Gasteiger partial charge in [-0.05, 0) is 118 Å². The summed E-state index contributed by atoms with van der Waals surface area (Å²) in [6.45, 7) is 4.95. The van der Waals surface area contributed by atoms with Gasteiger partial charge in [0.25, 0.3) is 0 Å². The van der Waals surface area contributed by atoms with Crippen molar-refractivity contribution in [3.8, 4) is 5.75 Å². The van der Waals surface area contributed by atoms with Crippen LogP contribution in [0.15, 0.2) is 119 Å². The Morgan fingerprint density at radius 3 is 2.58 bits per heavy atom. The highest BCUT2D eigenvalue weighted by Gasteiger charge is 2.45. The van der Waals surface area contributed by atoms with Gasteiger partial charge in [-0.1, -0.05) is 86.7 Å². The SMILES string of the molecule is CC1(C)C2=C(CCC(c3cccc(OC4=CC=CCC4)c3)=C2)C2=CC=C(C3=Cc4ccccc4CC3)CC21. The summed E-state index contributed by atoms with van der Waals surface area (Å²) in [5.41, 5.74) is 13.6. The van der Waals surface area contributed by atoms with Gasteiger partial charge in [0.1, 0.15) is 11.5 Å². The molecule has 5 aliphatic rings. The summed E-state index contributed by atoms with van der Waals surface area (Å²) in [6.07, 6.45) is 24.0. The van der Waals surface area contributed by atoms with E-state index in [1.54, 1.807) is 22.3 Å². The molecule has 0 amide bonds. The maximum absolute atomic E-state index is 6.23. The van der Waals surface area contributed by atoms with Crippen molar-refractivity contribution in [1.29, 1.82) is 0 Å². The van der Waals surface area contributed by atoms with Crippen LogP contribution in [0.3, 0.4) is 0 Å². The third-order valence-corrected chi connectivity index (χ3v) is 9.36. The lowest BCUT2D eigenvalue weighted by Gasteiger charge is -2.34. The van der Waals surface area contributed by atoms with Crippen molar-refractivity contribution < 1.29 is 4.74 Å². The summed E-state index contributed by atoms with van der Waals surface area (Å²) < 4.78 is 6.23. The molecule has 38 heavy (non-hydrogen) atoms. The fraction of sp³-hybridized carbons (Fsp3) is 0.297. The Kier molecular flexibility index (Phi) is 5.77. The maximum Gasteiger partial charge on any atom is 0.127 e. The zero-order valence-electron chi connectivity index (χ0n) is 22.6. The first kappa shape index (κ1) is 23.5. The summed E-state index contributed by atoms with van der Waals surface area (Å²) in [4.78, 5) is 0. The topological polar surface area (TPSA) is 9.23 Å². The minimum absolute atomic E-state index is 0.132. The highest BCUT2D eigenvalue weighted by atomic mass is 16.5. The van der Waals surface area contributed by atoms with Crippen LogP contribution in [0.2, 0.25) is 0 Å². The molecule has 0 spiro atoms. The van der Waals surface area contributed by atoms with E-state index in [0.717, 1.165) is 56.5 Å². The van der Waals surface area contributed by atoms with Crippen LogP contribution in [0.5, 0.6) is 5.75 Å². The van der Waals surface area contributed by atoms with E-state index in [0.29, 0.717) is 5.92 Å². The summed E-state index contributed by atoms with van der Waals surface area (Å²) in [6, 6.07) is 17.6. The van der Waals surface area contributed by atoms with Gasteiger partial charge in [0, 0.05) is 6.42 Å². The van der Waals surface area contributed by atoms with E-state index in [1.165, 1.54) is 27.8 Å². The quantitative estimate of drug-likeness (QED) is 0.409. The average Bonchev–Trinajstić information content (AvgIpc) is 3.19. The molecule has 5 aliphatic carbocycles. The lowest BCUT2D eigenvalue weighted by Crippen LogP contribution is -2.24. The van der Waals surface area contributed by atoms with Crippen molar-refractivity contribution in [3.63, 3.8) is 0 Å². The molecular formula is C37H36O. The zero-order valence-corrected chi connectivity index (χ0v) is 22.6. The lowest BCUT2D eigenvalue weighted by atomic mass is 9.70. The van der Waals surface area contributed by atoms with E-state index < -0.39 is 0 Å². The van der Waals surface area contributed by atoms with Crippen molar-refractivity contribution in [1.82, 2.24) is 0 Å². The summed E-state index contributed by atoms with van der Waals surface area (Å²) in [7, 11) is 0. The van der Waals surface area contributed by atoms with Crippen LogP contribution in [-0.2, 0) is 6.42 Å². The Hall–Kier alpha value is -3.58. The molecule has 0 radical (unpaired) electrons. The molecule has 0 fully saturated rings. The molecular weight excluding hydrogens is 460 g/mol. The molecule has 190 valence electrons. The minimum atomic E-state index is 0.132. The molecule has 2 aromatic carbocycles. The highest BCUT2D eigenvalue weighted by Crippen LogP contribution is 2.58. The van der Waals surface area contributed by atoms with E-state index >= 15 is 0 Å². The minimum Gasteiger partial charge on any atom is -0.462 e. The van der Waals surface area contributed by atoms with E-state index in [4.69, 9.17) is 4.74 Å². The Bertz CT molecular complexity index is 1530. The molecule has 0 N–H and O–H groups in total. The molecule has 0 saturated heterocycles. The predicted octanol–water partition coefficient (Wildman–Crippen LogP) is 9.72. The standard InChI is InChI=1S/C37H36O/c1-37(2)35-23-29(27-11-8-14-32(22-27)38-31-12-4-3-5-13-31)17-19-33(35)34-20-18-30(24-36(34)37)28-16-15-25-9-6-7-10-26(25)21-28/h3-4,6-12,14,18,20-23,36H,5,13,15-17,19,24H2,1-2H3. The fourth-order valence-electron chi connectivity index (χ4n) is 7.18. The molecule has 7 rings (SSSR count). The molecule has 1 atom stereocenters. The van der Waals surface area contributed by atoms with Gasteiger partial charge in [-0.2, -0.15) is 0 Å². The third-order valence-electron chi connectivity index (χ3n) is 9.36. The number of benzene rings is 2. The van der Waals surface area contributed by atoms with Gasteiger partial charge in [0.05, 0.1) is 0 Å². The van der Waals surface area contributed by atoms with Gasteiger partial charge in [0.15, 0.2) is 0 Å². The Labute approximate surface area is 227 Å². The molecule has 0 aliphatic heterocycles. The number of hydrogen-bond acceptors (Lipinski definition) is 1. The van der Waals surface area contributed by atoms with Crippen LogP contribution in [0, 0.1) is 11.3 Å². The van der Waals surface area contributed by atoms with Gasteiger partial charge >= 0.3 is 0 Å². The molecule has 1 heteroatoms. The summed E-state index contributed by atoms with van der Waals surface area (Å²) in [5, 5.41) is 0. The van der Waals surface area contributed by atoms with Crippen LogP contribution in [-0.4, -0.2) is 0 Å².